The maximum atomic E-state index is 13.0. The lowest BCUT2D eigenvalue weighted by Gasteiger charge is -2.16. The van der Waals surface area contributed by atoms with Crippen molar-refractivity contribution in [1.82, 2.24) is 14.8 Å². The molecule has 30 heavy (non-hydrogen) atoms. The summed E-state index contributed by atoms with van der Waals surface area (Å²) in [6.07, 6.45) is 5.69. The van der Waals surface area contributed by atoms with Crippen molar-refractivity contribution in [1.29, 1.82) is 0 Å². The molecule has 2 heterocycles. The highest BCUT2D eigenvalue weighted by Crippen LogP contribution is 2.35. The first-order valence-electron chi connectivity index (χ1n) is 9.98. The van der Waals surface area contributed by atoms with Crippen LogP contribution in [0.4, 0.5) is 0 Å². The Labute approximate surface area is 172 Å². The molecule has 1 fully saturated rings. The van der Waals surface area contributed by atoms with Gasteiger partial charge in [-0.25, -0.2) is 4.79 Å². The molecule has 2 aliphatic rings. The molecule has 2 aromatic carbocycles. The largest absolute Gasteiger partial charge is 0.367 e. The van der Waals surface area contributed by atoms with Gasteiger partial charge in [0.15, 0.2) is 0 Å². The first kappa shape index (κ1) is 18.3. The molecular formula is C23H19N3O4. The zero-order valence-corrected chi connectivity index (χ0v) is 16.2. The molecule has 0 atom stereocenters. The molecule has 0 radical (unpaired) electrons. The first-order chi connectivity index (χ1) is 14.6. The molecule has 0 spiro atoms. The van der Waals surface area contributed by atoms with E-state index in [2.05, 4.69) is 5.10 Å². The number of nitrogens with zero attached hydrogens (tertiary/aromatic N) is 3. The highest BCUT2D eigenvalue weighted by Gasteiger charge is 2.39. The van der Waals surface area contributed by atoms with E-state index in [1.807, 2.05) is 35.0 Å². The van der Waals surface area contributed by atoms with Crippen molar-refractivity contribution >= 4 is 17.8 Å². The normalized spacial score (nSPS) is 16.2. The summed E-state index contributed by atoms with van der Waals surface area (Å²) in [5.74, 6) is -2.07. The van der Waals surface area contributed by atoms with Gasteiger partial charge in [-0.15, -0.1) is 0 Å². The number of amides is 2. The van der Waals surface area contributed by atoms with Gasteiger partial charge in [-0.2, -0.15) is 5.10 Å². The summed E-state index contributed by atoms with van der Waals surface area (Å²) in [6.45, 7) is 0. The van der Waals surface area contributed by atoms with Gasteiger partial charge in [-0.05, 0) is 25.0 Å². The topological polar surface area (TPSA) is 81.5 Å². The Balaban J connectivity index is 1.49. The number of hydroxylamine groups is 2. The Morgan fingerprint density at radius 2 is 1.50 bits per heavy atom. The number of hydrogen-bond donors (Lipinski definition) is 0. The third-order valence-corrected chi connectivity index (χ3v) is 5.66. The van der Waals surface area contributed by atoms with E-state index in [-0.39, 0.29) is 22.7 Å². The molecular weight excluding hydrogens is 382 g/mol. The van der Waals surface area contributed by atoms with Gasteiger partial charge >= 0.3 is 5.97 Å². The lowest BCUT2D eigenvalue weighted by molar-refractivity contribution is -0.0584. The third kappa shape index (κ3) is 2.90. The van der Waals surface area contributed by atoms with Crippen LogP contribution in [0.5, 0.6) is 0 Å². The number of benzene rings is 2. The fourth-order valence-electron chi connectivity index (χ4n) is 4.20. The van der Waals surface area contributed by atoms with Crippen LogP contribution in [0.15, 0.2) is 60.8 Å². The molecule has 7 nitrogen and oxygen atoms in total. The molecule has 1 aliphatic heterocycles. The maximum absolute atomic E-state index is 13.0. The van der Waals surface area contributed by atoms with Crippen molar-refractivity contribution in [2.24, 2.45) is 0 Å². The van der Waals surface area contributed by atoms with Gasteiger partial charge in [0.25, 0.3) is 11.8 Å². The number of carbonyl (C=O) groups excluding carboxylic acids is 3. The number of hydrogen-bond acceptors (Lipinski definition) is 5. The van der Waals surface area contributed by atoms with Crippen LogP contribution in [0, 0.1) is 0 Å². The van der Waals surface area contributed by atoms with E-state index in [9.17, 15) is 14.4 Å². The van der Waals surface area contributed by atoms with Crippen molar-refractivity contribution in [2.45, 2.75) is 31.7 Å². The minimum absolute atomic E-state index is 0.209. The monoisotopic (exact) mass is 401 g/mol. The fourth-order valence-corrected chi connectivity index (χ4v) is 4.20. The van der Waals surface area contributed by atoms with Crippen LogP contribution in [0.1, 0.15) is 62.8 Å². The number of aromatic nitrogens is 2. The van der Waals surface area contributed by atoms with Crippen molar-refractivity contribution < 1.29 is 19.2 Å². The smallest absolute Gasteiger partial charge is 0.324 e. The number of carbonyl (C=O) groups is 3. The van der Waals surface area contributed by atoms with Crippen LogP contribution in [0.25, 0.3) is 11.3 Å². The highest BCUT2D eigenvalue weighted by atomic mass is 16.7. The van der Waals surface area contributed by atoms with Gasteiger partial charge in [0.1, 0.15) is 5.56 Å². The van der Waals surface area contributed by atoms with E-state index in [4.69, 9.17) is 4.84 Å². The average Bonchev–Trinajstić information content (AvgIpc) is 3.50. The molecule has 2 amide bonds. The second-order valence-corrected chi connectivity index (χ2v) is 7.48. The van der Waals surface area contributed by atoms with Crippen LogP contribution in [-0.2, 0) is 4.84 Å². The van der Waals surface area contributed by atoms with Crippen molar-refractivity contribution in [2.75, 3.05) is 0 Å². The van der Waals surface area contributed by atoms with Gasteiger partial charge in [-0.1, -0.05) is 60.4 Å². The van der Waals surface area contributed by atoms with Gasteiger partial charge in [0.05, 0.1) is 29.1 Å². The molecule has 0 N–H and O–H groups in total. The van der Waals surface area contributed by atoms with Crippen LogP contribution >= 0.6 is 0 Å². The summed E-state index contributed by atoms with van der Waals surface area (Å²) in [7, 11) is 0. The van der Waals surface area contributed by atoms with Crippen LogP contribution in [-0.4, -0.2) is 32.6 Å². The lowest BCUT2D eigenvalue weighted by Crippen LogP contribution is -2.32. The minimum atomic E-state index is -0.785. The van der Waals surface area contributed by atoms with Crippen LogP contribution < -0.4 is 0 Å². The number of imide groups is 1. The van der Waals surface area contributed by atoms with E-state index < -0.39 is 17.8 Å². The summed E-state index contributed by atoms with van der Waals surface area (Å²) >= 11 is 0. The molecule has 1 aliphatic carbocycles. The maximum Gasteiger partial charge on any atom is 0.367 e. The van der Waals surface area contributed by atoms with Crippen molar-refractivity contribution in [3.63, 3.8) is 0 Å². The van der Waals surface area contributed by atoms with Gasteiger partial charge in [0, 0.05) is 5.56 Å². The summed E-state index contributed by atoms with van der Waals surface area (Å²) < 4.78 is 1.88. The highest BCUT2D eigenvalue weighted by molar-refractivity contribution is 6.21. The third-order valence-electron chi connectivity index (χ3n) is 5.66. The van der Waals surface area contributed by atoms with Crippen LogP contribution in [0.2, 0.25) is 0 Å². The molecule has 0 saturated heterocycles. The Morgan fingerprint density at radius 3 is 2.13 bits per heavy atom. The lowest BCUT2D eigenvalue weighted by atomic mass is 10.1. The van der Waals surface area contributed by atoms with Crippen LogP contribution in [0.3, 0.4) is 0 Å². The fraction of sp³-hybridized carbons (Fsp3) is 0.217. The Morgan fingerprint density at radius 1 is 0.900 bits per heavy atom. The second kappa shape index (κ2) is 7.26. The van der Waals surface area contributed by atoms with Gasteiger partial charge < -0.3 is 4.84 Å². The Hall–Kier alpha value is -3.74. The summed E-state index contributed by atoms with van der Waals surface area (Å²) in [5.41, 5.74) is 2.14. The summed E-state index contributed by atoms with van der Waals surface area (Å²) in [4.78, 5) is 43.4. The number of rotatable bonds is 4. The standard InChI is InChI=1S/C23H19N3O4/c27-21-17-12-6-7-13-18(17)22(28)26(21)30-23(29)19-14-24-25(16-10-4-5-11-16)20(19)15-8-2-1-3-9-15/h1-3,6-9,12-14,16H,4-5,10-11H2. The zero-order valence-electron chi connectivity index (χ0n) is 16.2. The molecule has 7 heteroatoms. The average molecular weight is 401 g/mol. The van der Waals surface area contributed by atoms with Crippen molar-refractivity contribution in [3.8, 4) is 11.3 Å². The number of fused-ring (bicyclic) bond motifs is 1. The molecule has 1 saturated carbocycles. The second-order valence-electron chi connectivity index (χ2n) is 7.48. The predicted molar refractivity (Wildman–Crippen MR) is 108 cm³/mol. The molecule has 150 valence electrons. The van der Waals surface area contributed by atoms with E-state index in [0.717, 1.165) is 31.2 Å². The molecule has 3 aromatic rings. The molecule has 0 bridgehead atoms. The van der Waals surface area contributed by atoms with Gasteiger partial charge in [0.2, 0.25) is 0 Å². The van der Waals surface area contributed by atoms with Crippen molar-refractivity contribution in [3.05, 3.63) is 77.5 Å². The minimum Gasteiger partial charge on any atom is -0.324 e. The van der Waals surface area contributed by atoms with E-state index in [0.29, 0.717) is 10.8 Å². The summed E-state index contributed by atoms with van der Waals surface area (Å²) in [6, 6.07) is 16.1. The molecule has 5 rings (SSSR count). The SMILES string of the molecule is O=C(ON1C(=O)c2ccccc2C1=O)c1cnn(C2CCCC2)c1-c1ccccc1. The summed E-state index contributed by atoms with van der Waals surface area (Å²) in [5, 5.41) is 5.01. The van der Waals surface area contributed by atoms with E-state index in [1.165, 1.54) is 18.3 Å². The van der Waals surface area contributed by atoms with E-state index in [1.54, 1.807) is 12.1 Å². The predicted octanol–water partition coefficient (Wildman–Crippen LogP) is 4.03. The Bertz CT molecular complexity index is 1110. The molecule has 0 unspecified atom stereocenters. The van der Waals surface area contributed by atoms with Gasteiger partial charge in [-0.3, -0.25) is 14.3 Å². The zero-order chi connectivity index (χ0) is 20.7. The molecule has 1 aromatic heterocycles. The Kier molecular flexibility index (Phi) is 4.43. The first-order valence-corrected chi connectivity index (χ1v) is 9.98. The quantitative estimate of drug-likeness (QED) is 0.617. The van der Waals surface area contributed by atoms with E-state index >= 15 is 0 Å².